The molecule has 3 nitrogen and oxygen atoms in total. The van der Waals surface area contributed by atoms with E-state index in [1.807, 2.05) is 37.3 Å². The summed E-state index contributed by atoms with van der Waals surface area (Å²) in [5.74, 6) is -0.227. The van der Waals surface area contributed by atoms with Crippen molar-refractivity contribution in [1.82, 2.24) is 5.32 Å². The molecule has 0 aliphatic carbocycles. The fourth-order valence-electron chi connectivity index (χ4n) is 1.40. The highest BCUT2D eigenvalue weighted by atomic mass is 16.5. The monoisotopic (exact) mass is 233 g/mol. The molecule has 0 heterocycles. The van der Waals surface area contributed by atoms with E-state index in [1.165, 1.54) is 0 Å². The van der Waals surface area contributed by atoms with E-state index in [2.05, 4.69) is 11.9 Å². The molecule has 0 spiro atoms. The van der Waals surface area contributed by atoms with Gasteiger partial charge in [0.25, 0.3) is 0 Å². The van der Waals surface area contributed by atoms with E-state index in [0.717, 1.165) is 5.56 Å². The van der Waals surface area contributed by atoms with Gasteiger partial charge in [-0.1, -0.05) is 36.4 Å². The van der Waals surface area contributed by atoms with Crippen LogP contribution in [0, 0.1) is 0 Å². The van der Waals surface area contributed by atoms with Gasteiger partial charge in [0.2, 0.25) is 0 Å². The zero-order valence-electron chi connectivity index (χ0n) is 10.2. The van der Waals surface area contributed by atoms with Crippen molar-refractivity contribution < 1.29 is 9.53 Å². The molecule has 0 fully saturated rings. The maximum atomic E-state index is 11.3. The van der Waals surface area contributed by atoms with E-state index in [9.17, 15) is 4.79 Å². The van der Waals surface area contributed by atoms with E-state index in [1.54, 1.807) is 6.08 Å². The average Bonchev–Trinajstić information content (AvgIpc) is 2.37. The molecule has 1 unspecified atom stereocenters. The Morgan fingerprint density at radius 2 is 2.18 bits per heavy atom. The summed E-state index contributed by atoms with van der Waals surface area (Å²) in [6.07, 6.45) is 2.42. The molecule has 0 saturated carbocycles. The van der Waals surface area contributed by atoms with Crippen LogP contribution in [0.5, 0.6) is 0 Å². The van der Waals surface area contributed by atoms with Crippen molar-refractivity contribution in [2.75, 3.05) is 13.2 Å². The maximum Gasteiger partial charge on any atom is 0.319 e. The first-order valence-corrected chi connectivity index (χ1v) is 5.79. The molecule has 1 rings (SSSR count). The molecule has 0 aromatic heterocycles. The highest BCUT2D eigenvalue weighted by molar-refractivity contribution is 5.71. The van der Waals surface area contributed by atoms with Gasteiger partial charge in [-0.15, -0.1) is 6.58 Å². The molecule has 17 heavy (non-hydrogen) atoms. The van der Waals surface area contributed by atoms with Gasteiger partial charge in [0.05, 0.1) is 13.2 Å². The Bertz CT molecular complexity index is 348. The fourth-order valence-corrected chi connectivity index (χ4v) is 1.40. The van der Waals surface area contributed by atoms with Gasteiger partial charge in [0.1, 0.15) is 0 Å². The number of nitrogens with one attached hydrogen (secondary N) is 1. The van der Waals surface area contributed by atoms with E-state index in [-0.39, 0.29) is 18.6 Å². The molecule has 1 aromatic carbocycles. The number of rotatable bonds is 7. The molecular weight excluding hydrogens is 214 g/mol. The molecule has 0 aliphatic rings. The van der Waals surface area contributed by atoms with Crippen molar-refractivity contribution in [3.05, 3.63) is 48.6 Å². The lowest BCUT2D eigenvalue weighted by Crippen LogP contribution is -2.27. The van der Waals surface area contributed by atoms with Crippen LogP contribution >= 0.6 is 0 Å². The van der Waals surface area contributed by atoms with Crippen LogP contribution in [0.1, 0.15) is 24.9 Å². The number of esters is 1. The predicted octanol–water partition coefficient (Wildman–Crippen LogP) is 2.46. The second-order valence-electron chi connectivity index (χ2n) is 3.81. The molecule has 1 aromatic rings. The number of hydrogen-bond acceptors (Lipinski definition) is 3. The first-order chi connectivity index (χ1) is 8.24. The third kappa shape index (κ3) is 5.31. The largest absolute Gasteiger partial charge is 0.464 e. The van der Waals surface area contributed by atoms with E-state index in [4.69, 9.17) is 4.74 Å². The topological polar surface area (TPSA) is 38.3 Å². The van der Waals surface area contributed by atoms with Gasteiger partial charge < -0.3 is 10.1 Å². The molecule has 0 bridgehead atoms. The quantitative estimate of drug-likeness (QED) is 0.446. The van der Waals surface area contributed by atoms with Crippen LogP contribution in [0.15, 0.2) is 43.0 Å². The van der Waals surface area contributed by atoms with Crippen LogP contribution in [-0.2, 0) is 9.53 Å². The van der Waals surface area contributed by atoms with Gasteiger partial charge in [-0.2, -0.15) is 0 Å². The Balaban J connectivity index is 2.26. The summed E-state index contributed by atoms with van der Waals surface area (Å²) in [7, 11) is 0. The number of ether oxygens (including phenoxy) is 1. The van der Waals surface area contributed by atoms with Crippen LogP contribution in [0.3, 0.4) is 0 Å². The van der Waals surface area contributed by atoms with Gasteiger partial charge in [0, 0.05) is 6.04 Å². The Hall–Kier alpha value is -1.61. The number of carbonyl (C=O) groups excluding carboxylic acids is 1. The molecule has 1 atom stereocenters. The van der Waals surface area contributed by atoms with E-state index >= 15 is 0 Å². The minimum atomic E-state index is -0.227. The van der Waals surface area contributed by atoms with E-state index in [0.29, 0.717) is 13.0 Å². The molecule has 0 radical (unpaired) electrons. The van der Waals surface area contributed by atoms with Crippen LogP contribution in [-0.4, -0.2) is 19.1 Å². The SMILES string of the molecule is C=CCCOC(=O)CNC(C)c1ccccc1. The standard InChI is InChI=1S/C14H19NO2/c1-3-4-10-17-14(16)11-15-12(2)13-8-6-5-7-9-13/h3,5-9,12,15H,1,4,10-11H2,2H3. The molecule has 0 aliphatic heterocycles. The summed E-state index contributed by atoms with van der Waals surface area (Å²) >= 11 is 0. The summed E-state index contributed by atoms with van der Waals surface area (Å²) in [6, 6.07) is 10.1. The van der Waals surface area contributed by atoms with E-state index < -0.39 is 0 Å². The summed E-state index contributed by atoms with van der Waals surface area (Å²) in [5.41, 5.74) is 1.16. The van der Waals surface area contributed by atoms with Crippen molar-refractivity contribution in [2.24, 2.45) is 0 Å². The highest BCUT2D eigenvalue weighted by Crippen LogP contribution is 2.10. The second kappa shape index (κ2) is 7.63. The molecule has 0 amide bonds. The zero-order valence-corrected chi connectivity index (χ0v) is 10.2. The third-order valence-corrected chi connectivity index (χ3v) is 2.44. The minimum absolute atomic E-state index is 0.142. The molecule has 92 valence electrons. The molecular formula is C14H19NO2. The predicted molar refractivity (Wildman–Crippen MR) is 68.6 cm³/mol. The highest BCUT2D eigenvalue weighted by Gasteiger charge is 2.07. The Morgan fingerprint density at radius 3 is 2.82 bits per heavy atom. The lowest BCUT2D eigenvalue weighted by Gasteiger charge is -2.13. The van der Waals surface area contributed by atoms with Crippen molar-refractivity contribution in [1.29, 1.82) is 0 Å². The summed E-state index contributed by atoms with van der Waals surface area (Å²) in [5, 5.41) is 3.13. The summed E-state index contributed by atoms with van der Waals surface area (Å²) in [6.45, 7) is 6.22. The number of carbonyl (C=O) groups is 1. The van der Waals surface area contributed by atoms with Crippen molar-refractivity contribution >= 4 is 5.97 Å². The zero-order chi connectivity index (χ0) is 12.5. The lowest BCUT2D eigenvalue weighted by molar-refractivity contribution is -0.142. The third-order valence-electron chi connectivity index (χ3n) is 2.44. The van der Waals surface area contributed by atoms with Crippen molar-refractivity contribution in [2.45, 2.75) is 19.4 Å². The van der Waals surface area contributed by atoms with Crippen molar-refractivity contribution in [3.8, 4) is 0 Å². The van der Waals surface area contributed by atoms with Gasteiger partial charge in [-0.3, -0.25) is 4.79 Å². The van der Waals surface area contributed by atoms with Crippen LogP contribution in [0.4, 0.5) is 0 Å². The van der Waals surface area contributed by atoms with Gasteiger partial charge in [-0.25, -0.2) is 0 Å². The minimum Gasteiger partial charge on any atom is -0.464 e. The molecule has 0 saturated heterocycles. The summed E-state index contributed by atoms with van der Waals surface area (Å²) < 4.78 is 5.00. The first kappa shape index (κ1) is 13.5. The summed E-state index contributed by atoms with van der Waals surface area (Å²) in [4.78, 5) is 11.3. The van der Waals surface area contributed by atoms with Crippen molar-refractivity contribution in [3.63, 3.8) is 0 Å². The van der Waals surface area contributed by atoms with Crippen LogP contribution < -0.4 is 5.32 Å². The van der Waals surface area contributed by atoms with Gasteiger partial charge in [0.15, 0.2) is 0 Å². The fraction of sp³-hybridized carbons (Fsp3) is 0.357. The van der Waals surface area contributed by atoms with Crippen LogP contribution in [0.2, 0.25) is 0 Å². The van der Waals surface area contributed by atoms with Gasteiger partial charge in [-0.05, 0) is 18.9 Å². The maximum absolute atomic E-state index is 11.3. The smallest absolute Gasteiger partial charge is 0.319 e. The Morgan fingerprint density at radius 1 is 1.47 bits per heavy atom. The molecule has 1 N–H and O–H groups in total. The number of benzene rings is 1. The van der Waals surface area contributed by atoms with Crippen LogP contribution in [0.25, 0.3) is 0 Å². The van der Waals surface area contributed by atoms with Gasteiger partial charge >= 0.3 is 5.97 Å². The average molecular weight is 233 g/mol. The number of hydrogen-bond donors (Lipinski definition) is 1. The second-order valence-corrected chi connectivity index (χ2v) is 3.81. The normalized spacial score (nSPS) is 11.8. The Kier molecular flexibility index (Phi) is 6.04. The first-order valence-electron chi connectivity index (χ1n) is 5.79. The molecule has 3 heteroatoms. The Labute approximate surface area is 102 Å². The lowest BCUT2D eigenvalue weighted by atomic mass is 10.1.